The molecular weight excluding hydrogens is 296 g/mol. The number of ether oxygens (including phenoxy) is 2. The minimum atomic E-state index is -0.0342. The number of amides is 1. The number of rotatable bonds is 2. The Kier molecular flexibility index (Phi) is 4.07. The Labute approximate surface area is 135 Å². The third-order valence-corrected chi connectivity index (χ3v) is 5.34. The van der Waals surface area contributed by atoms with Gasteiger partial charge in [-0.3, -0.25) is 9.89 Å². The van der Waals surface area contributed by atoms with Crippen LogP contribution in [0.2, 0.25) is 0 Å². The molecule has 4 rings (SSSR count). The first-order chi connectivity index (χ1) is 11.2. The summed E-state index contributed by atoms with van der Waals surface area (Å²) >= 11 is 0. The maximum absolute atomic E-state index is 12.7. The molecular formula is C16H24N4O3. The van der Waals surface area contributed by atoms with Crippen molar-refractivity contribution in [3.63, 3.8) is 0 Å². The Balaban J connectivity index is 1.38. The van der Waals surface area contributed by atoms with Gasteiger partial charge in [-0.15, -0.1) is 0 Å². The van der Waals surface area contributed by atoms with E-state index in [0.29, 0.717) is 25.7 Å². The molecule has 3 atom stereocenters. The van der Waals surface area contributed by atoms with Crippen LogP contribution < -0.4 is 0 Å². The van der Waals surface area contributed by atoms with Gasteiger partial charge in [-0.05, 0) is 38.5 Å². The van der Waals surface area contributed by atoms with Gasteiger partial charge in [-0.2, -0.15) is 5.10 Å². The Bertz CT molecular complexity index is 569. The van der Waals surface area contributed by atoms with Crippen molar-refractivity contribution in [1.29, 1.82) is 0 Å². The topological polar surface area (TPSA) is 80.3 Å². The summed E-state index contributed by atoms with van der Waals surface area (Å²) < 4.78 is 11.5. The largest absolute Gasteiger partial charge is 0.381 e. The summed E-state index contributed by atoms with van der Waals surface area (Å²) in [6.07, 6.45) is 3.76. The van der Waals surface area contributed by atoms with Crippen molar-refractivity contribution in [2.45, 2.75) is 44.8 Å². The molecule has 3 fully saturated rings. The van der Waals surface area contributed by atoms with Crippen molar-refractivity contribution in [3.05, 3.63) is 11.6 Å². The van der Waals surface area contributed by atoms with Gasteiger partial charge in [0.25, 0.3) is 0 Å². The highest BCUT2D eigenvalue weighted by atomic mass is 16.5. The van der Waals surface area contributed by atoms with Crippen molar-refractivity contribution in [2.24, 2.45) is 11.8 Å². The van der Waals surface area contributed by atoms with E-state index in [1.165, 1.54) is 0 Å². The minimum absolute atomic E-state index is 0.0342. The fourth-order valence-corrected chi connectivity index (χ4v) is 4.00. The van der Waals surface area contributed by atoms with Crippen LogP contribution in [0.3, 0.4) is 0 Å². The molecule has 0 aromatic carbocycles. The molecule has 0 spiro atoms. The lowest BCUT2D eigenvalue weighted by molar-refractivity contribution is -0.143. The van der Waals surface area contributed by atoms with Gasteiger partial charge in [0.1, 0.15) is 11.9 Å². The number of aromatic nitrogens is 3. The van der Waals surface area contributed by atoms with E-state index in [4.69, 9.17) is 9.47 Å². The van der Waals surface area contributed by atoms with Crippen molar-refractivity contribution < 1.29 is 14.3 Å². The quantitative estimate of drug-likeness (QED) is 0.886. The van der Waals surface area contributed by atoms with E-state index in [1.54, 1.807) is 0 Å². The van der Waals surface area contributed by atoms with Gasteiger partial charge < -0.3 is 14.4 Å². The van der Waals surface area contributed by atoms with Gasteiger partial charge in [0.15, 0.2) is 5.82 Å². The fourth-order valence-electron chi connectivity index (χ4n) is 4.00. The van der Waals surface area contributed by atoms with Crippen LogP contribution in [0, 0.1) is 18.8 Å². The molecule has 1 aromatic rings. The first kappa shape index (κ1) is 15.1. The second-order valence-corrected chi connectivity index (χ2v) is 6.90. The molecule has 0 saturated carbocycles. The van der Waals surface area contributed by atoms with Crippen molar-refractivity contribution >= 4 is 5.91 Å². The minimum Gasteiger partial charge on any atom is -0.381 e. The molecule has 3 aliphatic heterocycles. The molecule has 4 heterocycles. The monoisotopic (exact) mass is 320 g/mol. The summed E-state index contributed by atoms with van der Waals surface area (Å²) in [5.41, 5.74) is 0. The van der Waals surface area contributed by atoms with E-state index < -0.39 is 0 Å². The highest BCUT2D eigenvalue weighted by Crippen LogP contribution is 2.40. The van der Waals surface area contributed by atoms with Gasteiger partial charge >= 0.3 is 0 Å². The number of piperidine rings is 1. The molecule has 3 saturated heterocycles. The number of aryl methyl sites for hydroxylation is 1. The van der Waals surface area contributed by atoms with E-state index in [2.05, 4.69) is 15.2 Å². The van der Waals surface area contributed by atoms with Crippen LogP contribution in [0.5, 0.6) is 0 Å². The predicted octanol–water partition coefficient (Wildman–Crippen LogP) is 1.22. The molecule has 3 aliphatic rings. The number of carbonyl (C=O) groups is 1. The normalized spacial score (nSPS) is 32.0. The van der Waals surface area contributed by atoms with Crippen LogP contribution in [0.1, 0.15) is 43.4 Å². The molecule has 0 unspecified atom stereocenters. The van der Waals surface area contributed by atoms with Gasteiger partial charge in [0.2, 0.25) is 5.91 Å². The Morgan fingerprint density at radius 1 is 1.30 bits per heavy atom. The second-order valence-electron chi connectivity index (χ2n) is 6.90. The zero-order valence-electron chi connectivity index (χ0n) is 13.5. The maximum atomic E-state index is 12.7. The van der Waals surface area contributed by atoms with Crippen molar-refractivity contribution in [2.75, 3.05) is 26.3 Å². The van der Waals surface area contributed by atoms with Gasteiger partial charge in [0, 0.05) is 32.2 Å². The van der Waals surface area contributed by atoms with E-state index in [0.717, 1.165) is 43.9 Å². The molecule has 0 radical (unpaired) electrons. The van der Waals surface area contributed by atoms with E-state index in [-0.39, 0.29) is 24.0 Å². The summed E-state index contributed by atoms with van der Waals surface area (Å²) in [7, 11) is 0. The summed E-state index contributed by atoms with van der Waals surface area (Å²) in [4.78, 5) is 19.1. The number of fused-ring (bicyclic) bond motifs is 1. The number of likely N-dealkylation sites (tertiary alicyclic amines) is 1. The lowest BCUT2D eigenvalue weighted by atomic mass is 9.90. The average molecular weight is 320 g/mol. The molecule has 0 aliphatic carbocycles. The Hall–Kier alpha value is -1.47. The van der Waals surface area contributed by atoms with Crippen LogP contribution in [-0.4, -0.2) is 58.4 Å². The zero-order chi connectivity index (χ0) is 15.8. The van der Waals surface area contributed by atoms with Crippen molar-refractivity contribution in [3.8, 4) is 0 Å². The number of hydrogen-bond donors (Lipinski definition) is 1. The number of carbonyl (C=O) groups excluding carboxylic acids is 1. The fraction of sp³-hybridized carbons (Fsp3) is 0.812. The van der Waals surface area contributed by atoms with E-state index in [1.807, 2.05) is 11.8 Å². The zero-order valence-corrected chi connectivity index (χ0v) is 13.5. The SMILES string of the molecule is Cc1nc([C@H]2C[C@@H]3CCN(C(=O)C4CCOCC4)C[C@H]3O2)n[nH]1. The van der Waals surface area contributed by atoms with Crippen LogP contribution >= 0.6 is 0 Å². The molecule has 7 nitrogen and oxygen atoms in total. The number of hydrogen-bond acceptors (Lipinski definition) is 5. The number of H-pyrrole nitrogens is 1. The first-order valence-corrected chi connectivity index (χ1v) is 8.61. The molecule has 126 valence electrons. The molecule has 23 heavy (non-hydrogen) atoms. The number of nitrogens with one attached hydrogen (secondary N) is 1. The van der Waals surface area contributed by atoms with E-state index >= 15 is 0 Å². The lowest BCUT2D eigenvalue weighted by Gasteiger charge is -2.36. The van der Waals surface area contributed by atoms with Crippen LogP contribution in [0.25, 0.3) is 0 Å². The van der Waals surface area contributed by atoms with Crippen LogP contribution in [-0.2, 0) is 14.3 Å². The molecule has 1 N–H and O–H groups in total. The standard InChI is InChI=1S/C16H24N4O3/c1-10-17-15(19-18-10)13-8-12-2-5-20(9-14(12)23-13)16(21)11-3-6-22-7-4-11/h11-14H,2-9H2,1H3,(H,17,18,19)/t12-,13+,14+/m0/s1. The first-order valence-electron chi connectivity index (χ1n) is 8.61. The summed E-state index contributed by atoms with van der Waals surface area (Å²) in [6.45, 7) is 4.87. The smallest absolute Gasteiger partial charge is 0.225 e. The summed E-state index contributed by atoms with van der Waals surface area (Å²) in [5, 5.41) is 7.11. The van der Waals surface area contributed by atoms with Gasteiger partial charge in [-0.1, -0.05) is 0 Å². The van der Waals surface area contributed by atoms with E-state index in [9.17, 15) is 4.79 Å². The molecule has 1 aromatic heterocycles. The third kappa shape index (κ3) is 2.99. The third-order valence-electron chi connectivity index (χ3n) is 5.34. The average Bonchev–Trinajstić information content (AvgIpc) is 3.20. The summed E-state index contributed by atoms with van der Waals surface area (Å²) in [5.74, 6) is 2.49. The highest BCUT2D eigenvalue weighted by molar-refractivity contribution is 5.79. The highest BCUT2D eigenvalue weighted by Gasteiger charge is 2.42. The molecule has 7 heteroatoms. The maximum Gasteiger partial charge on any atom is 0.225 e. The summed E-state index contributed by atoms with van der Waals surface area (Å²) in [6, 6.07) is 0. The van der Waals surface area contributed by atoms with Crippen molar-refractivity contribution in [1.82, 2.24) is 20.1 Å². The van der Waals surface area contributed by atoms with Crippen LogP contribution in [0.4, 0.5) is 0 Å². The number of aromatic amines is 1. The van der Waals surface area contributed by atoms with Gasteiger partial charge in [0.05, 0.1) is 6.10 Å². The lowest BCUT2D eigenvalue weighted by Crippen LogP contribution is -2.48. The molecule has 0 bridgehead atoms. The van der Waals surface area contributed by atoms with Gasteiger partial charge in [-0.25, -0.2) is 4.98 Å². The molecule has 1 amide bonds. The second kappa shape index (κ2) is 6.20. The Morgan fingerprint density at radius 2 is 2.13 bits per heavy atom. The Morgan fingerprint density at radius 3 is 2.87 bits per heavy atom. The number of nitrogens with zero attached hydrogens (tertiary/aromatic N) is 3. The predicted molar refractivity (Wildman–Crippen MR) is 81.6 cm³/mol. The van der Waals surface area contributed by atoms with Crippen LogP contribution in [0.15, 0.2) is 0 Å².